The van der Waals surface area contributed by atoms with E-state index in [0.29, 0.717) is 24.8 Å². The molecule has 1 N–H and O–H groups in total. The fraction of sp³-hybridized carbons (Fsp3) is 0.444. The second-order valence-electron chi connectivity index (χ2n) is 6.76. The molecule has 1 atom stereocenters. The van der Waals surface area contributed by atoms with Crippen molar-refractivity contribution in [2.24, 2.45) is 11.8 Å². The summed E-state index contributed by atoms with van der Waals surface area (Å²) in [4.78, 5) is 26.2. The van der Waals surface area contributed by atoms with Crippen molar-refractivity contribution in [2.75, 3.05) is 13.1 Å². The first kappa shape index (κ1) is 17.1. The summed E-state index contributed by atoms with van der Waals surface area (Å²) < 4.78 is 1.84. The Morgan fingerprint density at radius 1 is 1.32 bits per heavy atom. The molecular formula is C18H23N5O2. The second kappa shape index (κ2) is 7.46. The van der Waals surface area contributed by atoms with E-state index in [4.69, 9.17) is 0 Å². The van der Waals surface area contributed by atoms with Crippen molar-refractivity contribution >= 4 is 11.8 Å². The first-order valence-electron chi connectivity index (χ1n) is 8.54. The van der Waals surface area contributed by atoms with Crippen molar-refractivity contribution in [1.29, 1.82) is 0 Å². The fourth-order valence-corrected chi connectivity index (χ4v) is 3.06. The number of carbonyl (C=O) groups excluding carboxylic acids is 2. The van der Waals surface area contributed by atoms with Crippen LogP contribution in [-0.2, 0) is 16.1 Å². The minimum Gasteiger partial charge on any atom is -0.348 e. The van der Waals surface area contributed by atoms with Crippen LogP contribution in [0.15, 0.2) is 36.7 Å². The lowest BCUT2D eigenvalue weighted by atomic mass is 10.1. The molecule has 132 valence electrons. The highest BCUT2D eigenvalue weighted by molar-refractivity contribution is 5.89. The smallest absolute Gasteiger partial charge is 0.225 e. The summed E-state index contributed by atoms with van der Waals surface area (Å²) in [5.74, 6) is 0.709. The van der Waals surface area contributed by atoms with Gasteiger partial charge in [0, 0.05) is 25.2 Å². The van der Waals surface area contributed by atoms with Crippen molar-refractivity contribution in [3.63, 3.8) is 0 Å². The van der Waals surface area contributed by atoms with Gasteiger partial charge in [-0.05, 0) is 18.1 Å². The maximum Gasteiger partial charge on any atom is 0.225 e. The van der Waals surface area contributed by atoms with Gasteiger partial charge in [-0.3, -0.25) is 14.2 Å². The van der Waals surface area contributed by atoms with Crippen LogP contribution in [0.3, 0.4) is 0 Å². The zero-order valence-corrected chi connectivity index (χ0v) is 14.6. The van der Waals surface area contributed by atoms with E-state index in [9.17, 15) is 9.59 Å². The molecule has 1 aliphatic rings. The summed E-state index contributed by atoms with van der Waals surface area (Å²) >= 11 is 0. The molecule has 0 bridgehead atoms. The van der Waals surface area contributed by atoms with E-state index in [1.165, 1.54) is 0 Å². The number of para-hydroxylation sites is 1. The molecule has 7 heteroatoms. The van der Waals surface area contributed by atoms with E-state index in [-0.39, 0.29) is 30.7 Å². The van der Waals surface area contributed by atoms with Crippen LogP contribution in [0.25, 0.3) is 5.69 Å². The lowest BCUT2D eigenvalue weighted by Crippen LogP contribution is -2.34. The standard InChI is InChI=1S/C18H23N5O2/c1-13(2)10-22-11-14(8-17(22)24)18(25)19-9-16-21-20-12-23(16)15-6-4-3-5-7-15/h3-7,12-14H,8-11H2,1-2H3,(H,19,25). The average Bonchev–Trinajstić information content (AvgIpc) is 3.20. The monoisotopic (exact) mass is 341 g/mol. The van der Waals surface area contributed by atoms with Gasteiger partial charge in [0.25, 0.3) is 0 Å². The number of nitrogens with one attached hydrogen (secondary N) is 1. The molecule has 1 unspecified atom stereocenters. The third-order valence-corrected chi connectivity index (χ3v) is 4.24. The van der Waals surface area contributed by atoms with Gasteiger partial charge in [0.2, 0.25) is 11.8 Å². The molecule has 0 spiro atoms. The molecule has 1 fully saturated rings. The van der Waals surface area contributed by atoms with E-state index in [1.54, 1.807) is 11.2 Å². The molecule has 2 aromatic rings. The molecule has 0 saturated carbocycles. The van der Waals surface area contributed by atoms with Gasteiger partial charge in [0.15, 0.2) is 5.82 Å². The summed E-state index contributed by atoms with van der Waals surface area (Å²) in [5.41, 5.74) is 0.941. The first-order valence-corrected chi connectivity index (χ1v) is 8.54. The Bertz CT molecular complexity index is 741. The van der Waals surface area contributed by atoms with Crippen molar-refractivity contribution in [2.45, 2.75) is 26.8 Å². The van der Waals surface area contributed by atoms with E-state index in [1.807, 2.05) is 34.9 Å². The zero-order valence-electron chi connectivity index (χ0n) is 14.6. The quantitative estimate of drug-likeness (QED) is 0.861. The minimum absolute atomic E-state index is 0.0568. The van der Waals surface area contributed by atoms with Crippen LogP contribution in [0.2, 0.25) is 0 Å². The van der Waals surface area contributed by atoms with Crippen LogP contribution in [-0.4, -0.2) is 44.6 Å². The number of amides is 2. The molecule has 1 aromatic heterocycles. The van der Waals surface area contributed by atoms with Gasteiger partial charge in [-0.25, -0.2) is 0 Å². The van der Waals surface area contributed by atoms with Gasteiger partial charge in [0.1, 0.15) is 6.33 Å². The summed E-state index contributed by atoms with van der Waals surface area (Å²) in [6.07, 6.45) is 1.91. The third-order valence-electron chi connectivity index (χ3n) is 4.24. The normalized spacial score (nSPS) is 17.3. The van der Waals surface area contributed by atoms with Gasteiger partial charge < -0.3 is 10.2 Å². The van der Waals surface area contributed by atoms with E-state index in [2.05, 4.69) is 29.4 Å². The molecular weight excluding hydrogens is 318 g/mol. The van der Waals surface area contributed by atoms with E-state index >= 15 is 0 Å². The third kappa shape index (κ3) is 4.04. The molecule has 0 aliphatic carbocycles. The van der Waals surface area contributed by atoms with Gasteiger partial charge in [-0.1, -0.05) is 32.0 Å². The Labute approximate surface area is 147 Å². The fourth-order valence-electron chi connectivity index (χ4n) is 3.06. The molecule has 25 heavy (non-hydrogen) atoms. The number of likely N-dealkylation sites (tertiary alicyclic amines) is 1. The van der Waals surface area contributed by atoms with Crippen LogP contribution in [0.1, 0.15) is 26.1 Å². The molecule has 1 aromatic carbocycles. The highest BCUT2D eigenvalue weighted by Crippen LogP contribution is 2.19. The number of benzene rings is 1. The molecule has 0 radical (unpaired) electrons. The van der Waals surface area contributed by atoms with Crippen LogP contribution in [0, 0.1) is 11.8 Å². The van der Waals surface area contributed by atoms with Gasteiger partial charge in [0.05, 0.1) is 12.5 Å². The molecule has 7 nitrogen and oxygen atoms in total. The Balaban J connectivity index is 1.59. The lowest BCUT2D eigenvalue weighted by Gasteiger charge is -2.18. The SMILES string of the molecule is CC(C)CN1CC(C(=O)NCc2nncn2-c2ccccc2)CC1=O. The van der Waals surface area contributed by atoms with Gasteiger partial charge in [-0.15, -0.1) is 10.2 Å². The largest absolute Gasteiger partial charge is 0.348 e. The highest BCUT2D eigenvalue weighted by Gasteiger charge is 2.34. The topological polar surface area (TPSA) is 80.1 Å². The summed E-state index contributed by atoms with van der Waals surface area (Å²) in [5, 5.41) is 10.9. The van der Waals surface area contributed by atoms with Gasteiger partial charge in [-0.2, -0.15) is 0 Å². The average molecular weight is 341 g/mol. The summed E-state index contributed by atoms with van der Waals surface area (Å²) in [6, 6.07) is 9.72. The van der Waals surface area contributed by atoms with Crippen molar-refractivity contribution < 1.29 is 9.59 Å². The number of nitrogens with zero attached hydrogens (tertiary/aromatic N) is 4. The highest BCUT2D eigenvalue weighted by atomic mass is 16.2. The summed E-state index contributed by atoms with van der Waals surface area (Å²) in [6.45, 7) is 5.61. The number of aromatic nitrogens is 3. The molecule has 3 rings (SSSR count). The Morgan fingerprint density at radius 3 is 2.80 bits per heavy atom. The number of rotatable bonds is 6. The molecule has 2 amide bonds. The number of hydrogen-bond acceptors (Lipinski definition) is 4. The Hall–Kier alpha value is -2.70. The van der Waals surface area contributed by atoms with Crippen LogP contribution < -0.4 is 5.32 Å². The molecule has 2 heterocycles. The number of carbonyl (C=O) groups is 2. The maximum absolute atomic E-state index is 12.4. The first-order chi connectivity index (χ1) is 12.0. The van der Waals surface area contributed by atoms with Gasteiger partial charge >= 0.3 is 0 Å². The lowest BCUT2D eigenvalue weighted by molar-refractivity contribution is -0.129. The van der Waals surface area contributed by atoms with Crippen LogP contribution in [0.5, 0.6) is 0 Å². The van der Waals surface area contributed by atoms with E-state index < -0.39 is 0 Å². The Morgan fingerprint density at radius 2 is 2.08 bits per heavy atom. The number of hydrogen-bond donors (Lipinski definition) is 1. The van der Waals surface area contributed by atoms with E-state index in [0.717, 1.165) is 5.69 Å². The zero-order chi connectivity index (χ0) is 17.8. The molecule has 1 aliphatic heterocycles. The summed E-state index contributed by atoms with van der Waals surface area (Å²) in [7, 11) is 0. The predicted octanol–water partition coefficient (Wildman–Crippen LogP) is 1.39. The maximum atomic E-state index is 12.4. The van der Waals surface area contributed by atoms with Crippen LogP contribution >= 0.6 is 0 Å². The van der Waals surface area contributed by atoms with Crippen LogP contribution in [0.4, 0.5) is 0 Å². The predicted molar refractivity (Wildman–Crippen MR) is 92.7 cm³/mol. The van der Waals surface area contributed by atoms with Crippen molar-refractivity contribution in [3.05, 3.63) is 42.5 Å². The second-order valence-corrected chi connectivity index (χ2v) is 6.76. The van der Waals surface area contributed by atoms with Crippen molar-refractivity contribution in [1.82, 2.24) is 25.0 Å². The molecule has 1 saturated heterocycles. The Kier molecular flexibility index (Phi) is 5.11. The minimum atomic E-state index is -0.292. The van der Waals surface area contributed by atoms with Crippen molar-refractivity contribution in [3.8, 4) is 5.69 Å².